The zero-order valence-corrected chi connectivity index (χ0v) is 11.0. The molecule has 1 fully saturated rings. The van der Waals surface area contributed by atoms with Crippen LogP contribution in [0.5, 0.6) is 0 Å². The third-order valence-corrected chi connectivity index (χ3v) is 4.05. The molecule has 3 atom stereocenters. The van der Waals surface area contributed by atoms with Gasteiger partial charge in [0.1, 0.15) is 6.07 Å². The lowest BCUT2D eigenvalue weighted by Crippen LogP contribution is -2.31. The highest BCUT2D eigenvalue weighted by Gasteiger charge is 2.25. The number of anilines is 2. The standard InChI is InChI=1S/C14H20N4/c1-9-3-4-12(7-10(9)2)18-14-13(16)11(8-15)5-6-17-14/h5-6,9-10,12H,3-4,7,16H2,1-2H3,(H,17,18). The van der Waals surface area contributed by atoms with Crippen molar-refractivity contribution in [1.82, 2.24) is 4.98 Å². The van der Waals surface area contributed by atoms with Crippen LogP contribution in [-0.4, -0.2) is 11.0 Å². The van der Waals surface area contributed by atoms with Crippen molar-refractivity contribution in [2.75, 3.05) is 11.1 Å². The quantitative estimate of drug-likeness (QED) is 0.838. The second-order valence-electron chi connectivity index (χ2n) is 5.34. The summed E-state index contributed by atoms with van der Waals surface area (Å²) >= 11 is 0. The van der Waals surface area contributed by atoms with Gasteiger partial charge < -0.3 is 11.1 Å². The fourth-order valence-corrected chi connectivity index (χ4v) is 2.56. The minimum absolute atomic E-state index is 0.417. The molecule has 3 unspecified atom stereocenters. The average Bonchev–Trinajstić information content (AvgIpc) is 2.36. The van der Waals surface area contributed by atoms with Gasteiger partial charge in [0.2, 0.25) is 0 Å². The molecular formula is C14H20N4. The predicted octanol–water partition coefficient (Wildman–Crippen LogP) is 2.77. The van der Waals surface area contributed by atoms with Crippen molar-refractivity contribution in [1.29, 1.82) is 5.26 Å². The summed E-state index contributed by atoms with van der Waals surface area (Å²) in [6.07, 6.45) is 5.14. The largest absolute Gasteiger partial charge is 0.395 e. The Labute approximate surface area is 108 Å². The van der Waals surface area contributed by atoms with E-state index in [1.807, 2.05) is 0 Å². The molecular weight excluding hydrogens is 224 g/mol. The normalized spacial score (nSPS) is 27.5. The van der Waals surface area contributed by atoms with Gasteiger partial charge in [-0.25, -0.2) is 4.98 Å². The van der Waals surface area contributed by atoms with Gasteiger partial charge in [0.25, 0.3) is 0 Å². The molecule has 1 aromatic heterocycles. The molecule has 2 rings (SSSR count). The zero-order valence-electron chi connectivity index (χ0n) is 11.0. The lowest BCUT2D eigenvalue weighted by atomic mass is 9.79. The van der Waals surface area contributed by atoms with Crippen LogP contribution in [0.4, 0.5) is 11.5 Å². The molecule has 96 valence electrons. The summed E-state index contributed by atoms with van der Waals surface area (Å²) < 4.78 is 0. The Morgan fingerprint density at radius 2 is 2.17 bits per heavy atom. The van der Waals surface area contributed by atoms with Crippen LogP contribution in [0.1, 0.15) is 38.7 Å². The van der Waals surface area contributed by atoms with E-state index in [-0.39, 0.29) is 0 Å². The van der Waals surface area contributed by atoms with E-state index in [1.165, 1.54) is 6.42 Å². The van der Waals surface area contributed by atoms with Crippen molar-refractivity contribution in [2.45, 2.75) is 39.2 Å². The second-order valence-corrected chi connectivity index (χ2v) is 5.34. The molecule has 1 aliphatic rings. The SMILES string of the molecule is CC1CCC(Nc2nccc(C#N)c2N)CC1C. The van der Waals surface area contributed by atoms with Crippen molar-refractivity contribution in [3.05, 3.63) is 17.8 Å². The summed E-state index contributed by atoms with van der Waals surface area (Å²) in [4.78, 5) is 4.24. The summed E-state index contributed by atoms with van der Waals surface area (Å²) in [7, 11) is 0. The van der Waals surface area contributed by atoms with Gasteiger partial charge in [0.15, 0.2) is 5.82 Å². The smallest absolute Gasteiger partial charge is 0.150 e. The number of hydrogen-bond donors (Lipinski definition) is 2. The van der Waals surface area contributed by atoms with Gasteiger partial charge in [0.05, 0.1) is 11.3 Å². The number of aromatic nitrogens is 1. The van der Waals surface area contributed by atoms with Crippen molar-refractivity contribution in [3.8, 4) is 6.07 Å². The first-order valence-electron chi connectivity index (χ1n) is 6.53. The van der Waals surface area contributed by atoms with E-state index in [4.69, 9.17) is 11.0 Å². The fraction of sp³-hybridized carbons (Fsp3) is 0.571. The summed E-state index contributed by atoms with van der Waals surface area (Å²) in [5, 5.41) is 12.3. The minimum atomic E-state index is 0.417. The monoisotopic (exact) mass is 244 g/mol. The number of hydrogen-bond acceptors (Lipinski definition) is 4. The summed E-state index contributed by atoms with van der Waals surface area (Å²) in [6.45, 7) is 4.60. The first kappa shape index (κ1) is 12.7. The molecule has 4 nitrogen and oxygen atoms in total. The van der Waals surface area contributed by atoms with E-state index in [9.17, 15) is 0 Å². The van der Waals surface area contributed by atoms with E-state index < -0.39 is 0 Å². The third kappa shape index (κ3) is 2.56. The maximum absolute atomic E-state index is 8.94. The van der Waals surface area contributed by atoms with E-state index in [0.717, 1.165) is 24.7 Å². The fourth-order valence-electron chi connectivity index (χ4n) is 2.56. The Morgan fingerprint density at radius 3 is 2.83 bits per heavy atom. The van der Waals surface area contributed by atoms with Gasteiger partial charge in [-0.2, -0.15) is 5.26 Å². The molecule has 18 heavy (non-hydrogen) atoms. The predicted molar refractivity (Wildman–Crippen MR) is 73.0 cm³/mol. The minimum Gasteiger partial charge on any atom is -0.395 e. The first-order chi connectivity index (χ1) is 8.61. The first-order valence-corrected chi connectivity index (χ1v) is 6.53. The van der Waals surface area contributed by atoms with Gasteiger partial charge >= 0.3 is 0 Å². The zero-order chi connectivity index (χ0) is 13.1. The van der Waals surface area contributed by atoms with Crippen molar-refractivity contribution < 1.29 is 0 Å². The average molecular weight is 244 g/mol. The molecule has 0 saturated heterocycles. The maximum Gasteiger partial charge on any atom is 0.150 e. The Balaban J connectivity index is 2.09. The van der Waals surface area contributed by atoms with Crippen LogP contribution >= 0.6 is 0 Å². The van der Waals surface area contributed by atoms with Gasteiger partial charge in [-0.3, -0.25) is 0 Å². The van der Waals surface area contributed by atoms with E-state index in [1.54, 1.807) is 12.3 Å². The number of nitrogen functional groups attached to an aromatic ring is 1. The summed E-state index contributed by atoms with van der Waals surface area (Å²) in [5.41, 5.74) is 6.88. The van der Waals surface area contributed by atoms with Crippen LogP contribution in [-0.2, 0) is 0 Å². The second kappa shape index (κ2) is 5.26. The molecule has 4 heteroatoms. The van der Waals surface area contributed by atoms with Crippen LogP contribution in [0.25, 0.3) is 0 Å². The highest BCUT2D eigenvalue weighted by Crippen LogP contribution is 2.31. The molecule has 1 aromatic rings. The van der Waals surface area contributed by atoms with Crippen molar-refractivity contribution in [3.63, 3.8) is 0 Å². The molecule has 0 amide bonds. The van der Waals surface area contributed by atoms with Crippen LogP contribution < -0.4 is 11.1 Å². The molecule has 0 aliphatic heterocycles. The molecule has 0 aromatic carbocycles. The molecule has 0 radical (unpaired) electrons. The summed E-state index contributed by atoms with van der Waals surface area (Å²) in [5.74, 6) is 2.16. The highest BCUT2D eigenvalue weighted by atomic mass is 15.0. The van der Waals surface area contributed by atoms with E-state index >= 15 is 0 Å². The Hall–Kier alpha value is -1.76. The van der Waals surface area contributed by atoms with Crippen LogP contribution in [0, 0.1) is 23.2 Å². The van der Waals surface area contributed by atoms with Gasteiger partial charge in [-0.1, -0.05) is 13.8 Å². The number of pyridine rings is 1. The van der Waals surface area contributed by atoms with Crippen molar-refractivity contribution >= 4 is 11.5 Å². The number of nitrogens with one attached hydrogen (secondary N) is 1. The lowest BCUT2D eigenvalue weighted by molar-refractivity contribution is 0.260. The molecule has 1 heterocycles. The van der Waals surface area contributed by atoms with Crippen molar-refractivity contribution in [2.24, 2.45) is 11.8 Å². The van der Waals surface area contributed by atoms with E-state index in [0.29, 0.717) is 23.1 Å². The lowest BCUT2D eigenvalue weighted by Gasteiger charge is -2.33. The molecule has 0 spiro atoms. The summed E-state index contributed by atoms with van der Waals surface area (Å²) in [6, 6.07) is 4.15. The third-order valence-electron chi connectivity index (χ3n) is 4.05. The highest BCUT2D eigenvalue weighted by molar-refractivity contribution is 5.69. The van der Waals surface area contributed by atoms with Crippen LogP contribution in [0.2, 0.25) is 0 Å². The number of nitrogens with zero attached hydrogens (tertiary/aromatic N) is 2. The number of nitrogens with two attached hydrogens (primary N) is 1. The van der Waals surface area contributed by atoms with Gasteiger partial charge in [-0.15, -0.1) is 0 Å². The Bertz CT molecular complexity index is 463. The van der Waals surface area contributed by atoms with E-state index in [2.05, 4.69) is 30.2 Å². The van der Waals surface area contributed by atoms with Crippen LogP contribution in [0.15, 0.2) is 12.3 Å². The maximum atomic E-state index is 8.94. The van der Waals surface area contributed by atoms with Gasteiger partial charge in [-0.05, 0) is 37.2 Å². The molecule has 0 bridgehead atoms. The molecule has 1 aliphatic carbocycles. The molecule has 3 N–H and O–H groups in total. The Morgan fingerprint density at radius 1 is 1.39 bits per heavy atom. The number of nitriles is 1. The van der Waals surface area contributed by atoms with Gasteiger partial charge in [0, 0.05) is 12.2 Å². The topological polar surface area (TPSA) is 74.7 Å². The van der Waals surface area contributed by atoms with Crippen LogP contribution in [0.3, 0.4) is 0 Å². The Kier molecular flexibility index (Phi) is 3.71. The number of rotatable bonds is 2. The molecule has 1 saturated carbocycles.